The number of aromatic nitrogens is 1. The molecule has 0 bridgehead atoms. The number of carbonyl (C=O) groups is 1. The fourth-order valence-electron chi connectivity index (χ4n) is 4.33. The molecule has 3 heterocycles. The van der Waals surface area contributed by atoms with Crippen LogP contribution in [0.4, 0.5) is 0 Å². The lowest BCUT2D eigenvalue weighted by Crippen LogP contribution is -2.60. The molecule has 2 aromatic rings. The Hall–Kier alpha value is -2.70. The summed E-state index contributed by atoms with van der Waals surface area (Å²) in [4.78, 5) is 14.1. The third-order valence-electron chi connectivity index (χ3n) is 6.46. The minimum Gasteiger partial charge on any atom is -0.361 e. The Bertz CT molecular complexity index is 1080. The van der Waals surface area contributed by atoms with Gasteiger partial charge < -0.3 is 9.42 Å². The van der Waals surface area contributed by atoms with E-state index in [1.807, 2.05) is 12.1 Å². The van der Waals surface area contributed by atoms with Crippen LogP contribution in [0.2, 0.25) is 0 Å². The van der Waals surface area contributed by atoms with Gasteiger partial charge in [0.15, 0.2) is 0 Å². The Morgan fingerprint density at radius 2 is 1.84 bits per heavy atom. The molecule has 31 heavy (non-hydrogen) atoms. The first-order valence-corrected chi connectivity index (χ1v) is 12.0. The van der Waals surface area contributed by atoms with E-state index in [-0.39, 0.29) is 25.4 Å². The Labute approximate surface area is 182 Å². The molecule has 2 aliphatic heterocycles. The van der Waals surface area contributed by atoms with Crippen molar-refractivity contribution in [2.24, 2.45) is 0 Å². The normalized spacial score (nSPS) is 18.5. The Morgan fingerprint density at radius 1 is 1.19 bits per heavy atom. The summed E-state index contributed by atoms with van der Waals surface area (Å²) in [6.45, 7) is 5.00. The van der Waals surface area contributed by atoms with Crippen LogP contribution in [-0.4, -0.2) is 60.1 Å². The highest BCUT2D eigenvalue weighted by Crippen LogP contribution is 2.31. The predicted octanol–water partition coefficient (Wildman–Crippen LogP) is 2.13. The van der Waals surface area contributed by atoms with E-state index in [1.165, 1.54) is 0 Å². The summed E-state index contributed by atoms with van der Waals surface area (Å²) in [7, 11) is -3.42. The van der Waals surface area contributed by atoms with Gasteiger partial charge in [-0.15, -0.1) is 0 Å². The van der Waals surface area contributed by atoms with Gasteiger partial charge in [-0.1, -0.05) is 17.3 Å². The van der Waals surface area contributed by atoms with Gasteiger partial charge in [-0.05, 0) is 50.3 Å². The number of hydrogen-bond donors (Lipinski definition) is 0. The van der Waals surface area contributed by atoms with Crippen molar-refractivity contribution < 1.29 is 17.7 Å². The van der Waals surface area contributed by atoms with E-state index >= 15 is 0 Å². The van der Waals surface area contributed by atoms with Gasteiger partial charge in [-0.25, -0.2) is 12.7 Å². The van der Waals surface area contributed by atoms with E-state index < -0.39 is 15.3 Å². The number of amides is 1. The summed E-state index contributed by atoms with van der Waals surface area (Å²) in [5, 5.41) is 12.3. The molecule has 0 atom stereocenters. The van der Waals surface area contributed by atoms with Crippen LogP contribution in [0.3, 0.4) is 0 Å². The van der Waals surface area contributed by atoms with E-state index in [9.17, 15) is 13.2 Å². The van der Waals surface area contributed by atoms with Crippen LogP contribution in [0.5, 0.6) is 0 Å². The molecule has 9 heteroatoms. The molecular formula is C22H26N4O4S. The van der Waals surface area contributed by atoms with Crippen molar-refractivity contribution in [1.82, 2.24) is 14.4 Å². The summed E-state index contributed by atoms with van der Waals surface area (Å²) in [6.07, 6.45) is 1.70. The van der Waals surface area contributed by atoms with Crippen LogP contribution >= 0.6 is 0 Å². The molecule has 2 saturated heterocycles. The largest absolute Gasteiger partial charge is 0.361 e. The number of carbonyl (C=O) groups excluding carboxylic acids is 1. The number of nitrogens with zero attached hydrogens (tertiary/aromatic N) is 4. The number of aryl methyl sites for hydroxylation is 2. The second kappa shape index (κ2) is 8.44. The highest BCUT2D eigenvalue weighted by molar-refractivity contribution is 7.89. The second-order valence-corrected chi connectivity index (χ2v) is 10.6. The standard InChI is InChI=1S/C22H26N4O4S/c1-15-21(16(2)30-24-15)11-22(27)25-13-20(14-25)31(28,29)26-9-7-19(8-10-26)18-5-3-17(12-23)4-6-18/h3-6,19-20H,7-11,13-14H2,1-2H3. The van der Waals surface area contributed by atoms with Gasteiger partial charge in [0.25, 0.3) is 0 Å². The molecule has 0 unspecified atom stereocenters. The molecule has 0 saturated carbocycles. The summed E-state index contributed by atoms with van der Waals surface area (Å²) in [5.74, 6) is 0.828. The lowest BCUT2D eigenvalue weighted by molar-refractivity contribution is -0.133. The van der Waals surface area contributed by atoms with Crippen molar-refractivity contribution in [3.05, 3.63) is 52.4 Å². The molecule has 0 radical (unpaired) electrons. The zero-order valence-electron chi connectivity index (χ0n) is 17.7. The predicted molar refractivity (Wildman–Crippen MR) is 114 cm³/mol. The third-order valence-corrected chi connectivity index (χ3v) is 8.68. The molecule has 1 amide bonds. The average Bonchev–Trinajstić information content (AvgIpc) is 3.04. The Balaban J connectivity index is 1.30. The SMILES string of the molecule is Cc1noc(C)c1CC(=O)N1CC(S(=O)(=O)N2CCC(c3ccc(C#N)cc3)CC2)C1. The molecule has 0 N–H and O–H groups in total. The minimum atomic E-state index is -3.42. The van der Waals surface area contributed by atoms with Crippen LogP contribution in [0.1, 0.15) is 46.9 Å². The first kappa shape index (κ1) is 21.5. The smallest absolute Gasteiger partial charge is 0.227 e. The van der Waals surface area contributed by atoms with Crippen LogP contribution in [0.15, 0.2) is 28.8 Å². The molecule has 2 fully saturated rings. The summed E-state index contributed by atoms with van der Waals surface area (Å²) < 4.78 is 32.7. The molecule has 0 aliphatic carbocycles. The molecule has 1 aromatic heterocycles. The number of sulfonamides is 1. The van der Waals surface area contributed by atoms with Gasteiger partial charge in [-0.2, -0.15) is 5.26 Å². The first-order valence-electron chi connectivity index (χ1n) is 10.5. The van der Waals surface area contributed by atoms with Crippen molar-refractivity contribution >= 4 is 15.9 Å². The maximum absolute atomic E-state index is 13.0. The van der Waals surface area contributed by atoms with Crippen molar-refractivity contribution in [1.29, 1.82) is 5.26 Å². The summed E-state index contributed by atoms with van der Waals surface area (Å²) in [6, 6.07) is 9.65. The molecule has 0 spiro atoms. The summed E-state index contributed by atoms with van der Waals surface area (Å²) >= 11 is 0. The van der Waals surface area contributed by atoms with Crippen molar-refractivity contribution in [2.75, 3.05) is 26.2 Å². The zero-order chi connectivity index (χ0) is 22.2. The van der Waals surface area contributed by atoms with Gasteiger partial charge >= 0.3 is 0 Å². The van der Waals surface area contributed by atoms with Crippen molar-refractivity contribution in [2.45, 2.75) is 44.3 Å². The summed E-state index contributed by atoms with van der Waals surface area (Å²) in [5.41, 5.74) is 3.25. The van der Waals surface area contributed by atoms with Gasteiger partial charge in [0.2, 0.25) is 15.9 Å². The van der Waals surface area contributed by atoms with Gasteiger partial charge in [-0.3, -0.25) is 4.79 Å². The highest BCUT2D eigenvalue weighted by Gasteiger charge is 2.43. The first-order chi connectivity index (χ1) is 14.8. The molecule has 2 aliphatic rings. The third kappa shape index (κ3) is 4.23. The van der Waals surface area contributed by atoms with E-state index in [1.54, 1.807) is 35.2 Å². The number of likely N-dealkylation sites (tertiary alicyclic amines) is 1. The molecule has 8 nitrogen and oxygen atoms in total. The topological polar surface area (TPSA) is 108 Å². The molecule has 4 rings (SSSR count). The van der Waals surface area contributed by atoms with Crippen LogP contribution in [0.25, 0.3) is 0 Å². The molecule has 164 valence electrons. The van der Waals surface area contributed by atoms with Crippen molar-refractivity contribution in [3.63, 3.8) is 0 Å². The monoisotopic (exact) mass is 442 g/mol. The zero-order valence-corrected chi connectivity index (χ0v) is 18.6. The second-order valence-electron chi connectivity index (χ2n) is 8.35. The van der Waals surface area contributed by atoms with E-state index in [0.717, 1.165) is 24.0 Å². The van der Waals surface area contributed by atoms with Gasteiger partial charge in [0.05, 0.1) is 23.7 Å². The lowest BCUT2D eigenvalue weighted by atomic mass is 9.90. The number of piperidine rings is 1. The fourth-order valence-corrected chi connectivity index (χ4v) is 6.21. The number of hydrogen-bond acceptors (Lipinski definition) is 6. The lowest BCUT2D eigenvalue weighted by Gasteiger charge is -2.42. The number of benzene rings is 1. The Kier molecular flexibility index (Phi) is 5.86. The molecule has 1 aromatic carbocycles. The van der Waals surface area contributed by atoms with Gasteiger partial charge in [0.1, 0.15) is 11.0 Å². The van der Waals surface area contributed by atoms with Crippen LogP contribution in [-0.2, 0) is 21.2 Å². The quantitative estimate of drug-likeness (QED) is 0.702. The van der Waals surface area contributed by atoms with Crippen LogP contribution in [0, 0.1) is 25.2 Å². The minimum absolute atomic E-state index is 0.0969. The highest BCUT2D eigenvalue weighted by atomic mass is 32.2. The maximum Gasteiger partial charge on any atom is 0.227 e. The average molecular weight is 443 g/mol. The van der Waals surface area contributed by atoms with Gasteiger partial charge in [0, 0.05) is 31.7 Å². The Morgan fingerprint density at radius 3 is 2.39 bits per heavy atom. The maximum atomic E-state index is 13.0. The molecular weight excluding hydrogens is 416 g/mol. The number of nitriles is 1. The fraction of sp³-hybridized carbons (Fsp3) is 0.500. The van der Waals surface area contributed by atoms with E-state index in [0.29, 0.717) is 36.0 Å². The van der Waals surface area contributed by atoms with E-state index in [4.69, 9.17) is 9.78 Å². The van der Waals surface area contributed by atoms with Crippen LogP contribution < -0.4 is 0 Å². The van der Waals surface area contributed by atoms with E-state index in [2.05, 4.69) is 11.2 Å². The number of rotatable bonds is 5. The van der Waals surface area contributed by atoms with Crippen molar-refractivity contribution in [3.8, 4) is 6.07 Å².